The number of aromatic nitrogens is 4. The molecule has 3 N–H and O–H groups in total. The van der Waals surface area contributed by atoms with Gasteiger partial charge < -0.3 is 10.8 Å². The predicted octanol–water partition coefficient (Wildman–Crippen LogP) is 4.44. The third-order valence-corrected chi connectivity index (χ3v) is 6.33. The van der Waals surface area contributed by atoms with Crippen LogP contribution in [0.1, 0.15) is 11.1 Å². The zero-order valence-corrected chi connectivity index (χ0v) is 19.0. The van der Waals surface area contributed by atoms with Gasteiger partial charge in [0.1, 0.15) is 5.69 Å². The van der Waals surface area contributed by atoms with E-state index >= 15 is 0 Å². The Balaban J connectivity index is 1.63. The summed E-state index contributed by atoms with van der Waals surface area (Å²) in [6.07, 6.45) is 3.79. The van der Waals surface area contributed by atoms with Gasteiger partial charge in [-0.05, 0) is 41.0 Å². The van der Waals surface area contributed by atoms with E-state index in [2.05, 4.69) is 47.6 Å². The average Bonchev–Trinajstić information content (AvgIpc) is 3.38. The SMILES string of the molecule is NCc1ccc(-c2nc3cc[n+]4cnn(-c5ccc(CO)cc5)c4c3cc2-c2ccccc2)cc1. The zero-order valence-electron chi connectivity index (χ0n) is 19.0. The van der Waals surface area contributed by atoms with Crippen LogP contribution in [0.3, 0.4) is 0 Å². The van der Waals surface area contributed by atoms with Crippen LogP contribution in [0.2, 0.25) is 0 Å². The molecule has 3 heterocycles. The number of benzene rings is 3. The third kappa shape index (κ3) is 3.75. The number of pyridine rings is 2. The summed E-state index contributed by atoms with van der Waals surface area (Å²) in [6, 6.07) is 30.6. The lowest BCUT2D eigenvalue weighted by molar-refractivity contribution is -0.511. The molecule has 3 aromatic heterocycles. The van der Waals surface area contributed by atoms with Crippen molar-refractivity contribution in [2.75, 3.05) is 0 Å². The first kappa shape index (κ1) is 21.2. The molecule has 0 radical (unpaired) electrons. The molecule has 0 aliphatic rings. The van der Waals surface area contributed by atoms with Gasteiger partial charge in [0, 0.05) is 22.8 Å². The van der Waals surface area contributed by atoms with Gasteiger partial charge in [-0.15, -0.1) is 0 Å². The Morgan fingerprint density at radius 2 is 1.57 bits per heavy atom. The van der Waals surface area contributed by atoms with Crippen LogP contribution >= 0.6 is 0 Å². The summed E-state index contributed by atoms with van der Waals surface area (Å²) in [4.78, 5) is 5.15. The molecular weight excluding hydrogens is 434 g/mol. The lowest BCUT2D eigenvalue weighted by Crippen LogP contribution is -2.19. The second-order valence-electron chi connectivity index (χ2n) is 8.50. The minimum absolute atomic E-state index is 0.0111. The Hall–Kier alpha value is -4.39. The Bertz CT molecular complexity index is 1640. The molecule has 35 heavy (non-hydrogen) atoms. The minimum Gasteiger partial charge on any atom is -0.392 e. The number of fused-ring (bicyclic) bond motifs is 3. The molecule has 0 fully saturated rings. The number of hydrogen-bond donors (Lipinski definition) is 2. The lowest BCUT2D eigenvalue weighted by atomic mass is 9.97. The summed E-state index contributed by atoms with van der Waals surface area (Å²) < 4.78 is 3.92. The second-order valence-corrected chi connectivity index (χ2v) is 8.50. The van der Waals surface area contributed by atoms with Crippen molar-refractivity contribution in [3.05, 3.63) is 115 Å². The van der Waals surface area contributed by atoms with Gasteiger partial charge in [-0.25, -0.2) is 9.38 Å². The van der Waals surface area contributed by atoms with Gasteiger partial charge in [0.25, 0.3) is 12.0 Å². The van der Waals surface area contributed by atoms with Gasteiger partial charge in [0.2, 0.25) is 0 Å². The van der Waals surface area contributed by atoms with Gasteiger partial charge in [-0.1, -0.05) is 71.4 Å². The van der Waals surface area contributed by atoms with E-state index in [0.717, 1.165) is 55.7 Å². The molecule has 6 aromatic rings. The van der Waals surface area contributed by atoms with E-state index in [1.165, 1.54) is 0 Å². The number of hydrogen-bond acceptors (Lipinski definition) is 4. The van der Waals surface area contributed by atoms with Gasteiger partial charge in [-0.3, -0.25) is 0 Å². The van der Waals surface area contributed by atoms with Crippen LogP contribution in [0.25, 0.3) is 44.6 Å². The summed E-state index contributed by atoms with van der Waals surface area (Å²) in [5.74, 6) is 0. The van der Waals surface area contributed by atoms with Crippen molar-refractivity contribution >= 4 is 16.6 Å². The number of nitrogens with zero attached hydrogens (tertiary/aromatic N) is 4. The highest BCUT2D eigenvalue weighted by atomic mass is 16.3. The summed E-state index contributed by atoms with van der Waals surface area (Å²) in [6.45, 7) is 0.520. The predicted molar refractivity (Wildman–Crippen MR) is 137 cm³/mol. The highest BCUT2D eigenvalue weighted by molar-refractivity contribution is 5.97. The highest BCUT2D eigenvalue weighted by Crippen LogP contribution is 2.34. The third-order valence-electron chi connectivity index (χ3n) is 6.33. The molecule has 0 aliphatic carbocycles. The molecule has 6 heteroatoms. The fraction of sp³-hybridized carbons (Fsp3) is 0.0690. The second kappa shape index (κ2) is 8.76. The van der Waals surface area contributed by atoms with E-state index in [9.17, 15) is 5.11 Å². The molecule has 0 saturated heterocycles. The van der Waals surface area contributed by atoms with Crippen LogP contribution in [0.4, 0.5) is 0 Å². The van der Waals surface area contributed by atoms with E-state index in [-0.39, 0.29) is 6.61 Å². The fourth-order valence-electron chi connectivity index (χ4n) is 4.46. The highest BCUT2D eigenvalue weighted by Gasteiger charge is 2.20. The van der Waals surface area contributed by atoms with Crippen LogP contribution in [-0.2, 0) is 13.2 Å². The van der Waals surface area contributed by atoms with E-state index in [1.807, 2.05) is 63.8 Å². The molecule has 0 aliphatic heterocycles. The normalized spacial score (nSPS) is 11.4. The maximum atomic E-state index is 9.42. The Labute approximate surface area is 202 Å². The van der Waals surface area contributed by atoms with Crippen molar-refractivity contribution in [1.82, 2.24) is 14.8 Å². The first-order valence-corrected chi connectivity index (χ1v) is 11.5. The fourth-order valence-corrected chi connectivity index (χ4v) is 4.46. The zero-order chi connectivity index (χ0) is 23.8. The van der Waals surface area contributed by atoms with Gasteiger partial charge in [-0.2, -0.15) is 0 Å². The summed E-state index contributed by atoms with van der Waals surface area (Å²) in [5.41, 5.74) is 14.6. The Morgan fingerprint density at radius 1 is 0.829 bits per heavy atom. The van der Waals surface area contributed by atoms with Crippen molar-refractivity contribution in [1.29, 1.82) is 0 Å². The molecule has 0 saturated carbocycles. The molecule has 0 atom stereocenters. The Kier molecular flexibility index (Phi) is 5.29. The molecule has 0 bridgehead atoms. The standard InChI is InChI=1S/C29H24N5O/c30-17-20-6-10-23(11-7-20)28-25(22-4-2-1-3-5-22)16-26-27(32-28)14-15-33-19-31-34(29(26)33)24-12-8-21(18-35)9-13-24/h1-16,19,35H,17-18,30H2/q+1. The summed E-state index contributed by atoms with van der Waals surface area (Å²) >= 11 is 0. The van der Waals surface area contributed by atoms with E-state index in [0.29, 0.717) is 6.54 Å². The molecule has 170 valence electrons. The van der Waals surface area contributed by atoms with Crippen LogP contribution < -0.4 is 10.1 Å². The molecule has 0 amide bonds. The van der Waals surface area contributed by atoms with Crippen molar-refractivity contribution in [2.24, 2.45) is 5.73 Å². The lowest BCUT2D eigenvalue weighted by Gasteiger charge is -2.12. The molecule has 0 unspecified atom stereocenters. The van der Waals surface area contributed by atoms with Crippen LogP contribution in [0, 0.1) is 0 Å². The molecule has 6 rings (SSSR count). The molecule has 6 nitrogen and oxygen atoms in total. The minimum atomic E-state index is 0.0111. The first-order valence-electron chi connectivity index (χ1n) is 11.5. The smallest absolute Gasteiger partial charge is 0.280 e. The molecular formula is C29H24N5O+. The van der Waals surface area contributed by atoms with E-state index in [4.69, 9.17) is 10.7 Å². The van der Waals surface area contributed by atoms with Gasteiger partial charge >= 0.3 is 0 Å². The van der Waals surface area contributed by atoms with Gasteiger partial charge in [0.15, 0.2) is 0 Å². The Morgan fingerprint density at radius 3 is 2.29 bits per heavy atom. The maximum absolute atomic E-state index is 9.42. The van der Waals surface area contributed by atoms with Crippen molar-refractivity contribution in [3.63, 3.8) is 0 Å². The largest absolute Gasteiger partial charge is 0.392 e. The number of rotatable bonds is 5. The average molecular weight is 459 g/mol. The van der Waals surface area contributed by atoms with Crippen LogP contribution in [0.15, 0.2) is 104 Å². The van der Waals surface area contributed by atoms with Crippen molar-refractivity contribution < 1.29 is 9.51 Å². The maximum Gasteiger partial charge on any atom is 0.280 e. The van der Waals surface area contributed by atoms with Crippen molar-refractivity contribution in [3.8, 4) is 28.1 Å². The summed E-state index contributed by atoms with van der Waals surface area (Å²) in [7, 11) is 0. The van der Waals surface area contributed by atoms with E-state index < -0.39 is 0 Å². The summed E-state index contributed by atoms with van der Waals surface area (Å²) in [5, 5.41) is 15.1. The molecule has 3 aromatic carbocycles. The topological polar surface area (TPSA) is 81.1 Å². The monoisotopic (exact) mass is 458 g/mol. The van der Waals surface area contributed by atoms with Gasteiger partial charge in [0.05, 0.1) is 29.4 Å². The number of aliphatic hydroxyl groups excluding tert-OH is 1. The molecule has 0 spiro atoms. The van der Waals surface area contributed by atoms with E-state index in [1.54, 1.807) is 6.33 Å². The first-order chi connectivity index (χ1) is 17.2. The number of nitrogens with two attached hydrogens (primary N) is 1. The quantitative estimate of drug-likeness (QED) is 0.374. The number of aliphatic hydroxyl groups is 1. The van der Waals surface area contributed by atoms with Crippen molar-refractivity contribution in [2.45, 2.75) is 13.2 Å². The van der Waals surface area contributed by atoms with Crippen LogP contribution in [0.5, 0.6) is 0 Å². The van der Waals surface area contributed by atoms with Crippen LogP contribution in [-0.4, -0.2) is 19.9 Å².